The van der Waals surface area contributed by atoms with E-state index < -0.39 is 12.0 Å². The van der Waals surface area contributed by atoms with E-state index in [2.05, 4.69) is 4.98 Å². The van der Waals surface area contributed by atoms with Crippen molar-refractivity contribution >= 4 is 5.97 Å². The number of rotatable bonds is 3. The molecule has 0 saturated carbocycles. The number of pyridine rings is 1. The van der Waals surface area contributed by atoms with Crippen molar-refractivity contribution in [2.75, 3.05) is 6.61 Å². The molecule has 0 bridgehead atoms. The van der Waals surface area contributed by atoms with Crippen molar-refractivity contribution in [3.63, 3.8) is 0 Å². The number of carbonyl (C=O) groups is 1. The molecule has 0 unspecified atom stereocenters. The summed E-state index contributed by atoms with van der Waals surface area (Å²) in [6, 6.07) is 2.37. The molecule has 4 N–H and O–H groups in total. The summed E-state index contributed by atoms with van der Waals surface area (Å²) in [6.07, 6.45) is 1.36. The average molecular weight is 182 g/mol. The van der Waals surface area contributed by atoms with Gasteiger partial charge >= 0.3 is 5.97 Å². The van der Waals surface area contributed by atoms with Crippen LogP contribution in [-0.2, 0) is 0 Å². The smallest absolute Gasteiger partial charge is 0.354 e. The zero-order chi connectivity index (χ0) is 9.84. The lowest BCUT2D eigenvalue weighted by Gasteiger charge is -2.07. The quantitative estimate of drug-likeness (QED) is 0.600. The standard InChI is InChI=1S/C8H10N2O3/c9-6(4-11)5-1-2-10-7(3-5)8(12)13/h1-3,6,11H,4,9H2,(H,12,13)/t6-/m1/s1. The van der Waals surface area contributed by atoms with Gasteiger partial charge in [-0.3, -0.25) is 0 Å². The summed E-state index contributed by atoms with van der Waals surface area (Å²) in [5, 5.41) is 17.3. The molecular formula is C8H10N2O3. The maximum absolute atomic E-state index is 10.5. The third-order valence-corrected chi connectivity index (χ3v) is 1.63. The van der Waals surface area contributed by atoms with Crippen LogP contribution in [0.15, 0.2) is 18.3 Å². The molecule has 1 aromatic rings. The van der Waals surface area contributed by atoms with Crippen LogP contribution >= 0.6 is 0 Å². The summed E-state index contributed by atoms with van der Waals surface area (Å²) < 4.78 is 0. The third kappa shape index (κ3) is 2.24. The van der Waals surface area contributed by atoms with E-state index >= 15 is 0 Å². The van der Waals surface area contributed by atoms with Crippen LogP contribution in [0.1, 0.15) is 22.1 Å². The highest BCUT2D eigenvalue weighted by atomic mass is 16.4. The number of nitrogens with two attached hydrogens (primary N) is 1. The second kappa shape index (κ2) is 3.97. The summed E-state index contributed by atoms with van der Waals surface area (Å²) in [5.74, 6) is -1.10. The molecule has 1 atom stereocenters. The zero-order valence-electron chi connectivity index (χ0n) is 6.84. The maximum Gasteiger partial charge on any atom is 0.354 e. The molecule has 5 nitrogen and oxygen atoms in total. The molecule has 1 aromatic heterocycles. The van der Waals surface area contributed by atoms with E-state index in [0.717, 1.165) is 0 Å². The summed E-state index contributed by atoms with van der Waals surface area (Å²) in [4.78, 5) is 14.1. The number of aliphatic hydroxyl groups excluding tert-OH is 1. The van der Waals surface area contributed by atoms with Gasteiger partial charge in [-0.15, -0.1) is 0 Å². The van der Waals surface area contributed by atoms with Crippen LogP contribution in [0.5, 0.6) is 0 Å². The fraction of sp³-hybridized carbons (Fsp3) is 0.250. The number of hydrogen-bond acceptors (Lipinski definition) is 4. The molecule has 0 radical (unpaired) electrons. The second-order valence-electron chi connectivity index (χ2n) is 2.57. The Balaban J connectivity index is 2.98. The largest absolute Gasteiger partial charge is 0.477 e. The van der Waals surface area contributed by atoms with Gasteiger partial charge in [-0.1, -0.05) is 0 Å². The van der Waals surface area contributed by atoms with Gasteiger partial charge in [0.1, 0.15) is 5.69 Å². The minimum atomic E-state index is -1.10. The first-order chi connectivity index (χ1) is 6.15. The van der Waals surface area contributed by atoms with Gasteiger partial charge in [0.25, 0.3) is 0 Å². The van der Waals surface area contributed by atoms with E-state index in [1.165, 1.54) is 12.3 Å². The molecule has 0 aliphatic heterocycles. The maximum atomic E-state index is 10.5. The molecule has 0 spiro atoms. The monoisotopic (exact) mass is 182 g/mol. The van der Waals surface area contributed by atoms with Gasteiger partial charge in [0.2, 0.25) is 0 Å². The van der Waals surface area contributed by atoms with Crippen LogP contribution < -0.4 is 5.73 Å². The van der Waals surface area contributed by atoms with E-state index in [-0.39, 0.29) is 12.3 Å². The topological polar surface area (TPSA) is 96.4 Å². The van der Waals surface area contributed by atoms with Crippen molar-refractivity contribution < 1.29 is 15.0 Å². The normalized spacial score (nSPS) is 12.5. The predicted molar refractivity (Wildman–Crippen MR) is 45.2 cm³/mol. The first-order valence-corrected chi connectivity index (χ1v) is 3.71. The van der Waals surface area contributed by atoms with Crippen molar-refractivity contribution in [3.05, 3.63) is 29.6 Å². The zero-order valence-corrected chi connectivity index (χ0v) is 6.84. The molecule has 13 heavy (non-hydrogen) atoms. The highest BCUT2D eigenvalue weighted by Gasteiger charge is 2.08. The fourth-order valence-electron chi connectivity index (χ4n) is 0.900. The van der Waals surface area contributed by atoms with Gasteiger partial charge in [0.15, 0.2) is 0 Å². The molecule has 0 aliphatic carbocycles. The first kappa shape index (κ1) is 9.63. The lowest BCUT2D eigenvalue weighted by Crippen LogP contribution is -2.15. The van der Waals surface area contributed by atoms with E-state index in [1.54, 1.807) is 6.07 Å². The molecule has 0 aliphatic rings. The van der Waals surface area contributed by atoms with Gasteiger partial charge < -0.3 is 15.9 Å². The number of aromatic nitrogens is 1. The molecule has 70 valence electrons. The Labute approximate surface area is 74.8 Å². The molecule has 0 fully saturated rings. The Morgan fingerprint density at radius 1 is 1.69 bits per heavy atom. The lowest BCUT2D eigenvalue weighted by atomic mass is 10.1. The third-order valence-electron chi connectivity index (χ3n) is 1.63. The average Bonchev–Trinajstić information content (AvgIpc) is 2.17. The van der Waals surface area contributed by atoms with E-state index in [0.29, 0.717) is 5.56 Å². The van der Waals surface area contributed by atoms with Crippen LogP contribution in [0.4, 0.5) is 0 Å². The Morgan fingerprint density at radius 3 is 2.92 bits per heavy atom. The van der Waals surface area contributed by atoms with Crippen LogP contribution in [0.3, 0.4) is 0 Å². The summed E-state index contributed by atoms with van der Waals surface area (Å²) in [7, 11) is 0. The van der Waals surface area contributed by atoms with Gasteiger partial charge in [-0.25, -0.2) is 9.78 Å². The van der Waals surface area contributed by atoms with Gasteiger partial charge in [0, 0.05) is 6.20 Å². The van der Waals surface area contributed by atoms with Crippen molar-refractivity contribution in [1.29, 1.82) is 0 Å². The summed E-state index contributed by atoms with van der Waals surface area (Å²) in [5.41, 5.74) is 5.99. The van der Waals surface area contributed by atoms with Gasteiger partial charge in [0.05, 0.1) is 12.6 Å². The van der Waals surface area contributed by atoms with Crippen molar-refractivity contribution in [2.45, 2.75) is 6.04 Å². The molecule has 1 rings (SSSR count). The van der Waals surface area contributed by atoms with Gasteiger partial charge in [-0.2, -0.15) is 0 Å². The number of carboxylic acids is 1. The van der Waals surface area contributed by atoms with Crippen molar-refractivity contribution in [3.8, 4) is 0 Å². The van der Waals surface area contributed by atoms with E-state index in [4.69, 9.17) is 15.9 Å². The lowest BCUT2D eigenvalue weighted by molar-refractivity contribution is 0.0690. The Hall–Kier alpha value is -1.46. The molecular weight excluding hydrogens is 172 g/mol. The highest BCUT2D eigenvalue weighted by Crippen LogP contribution is 2.09. The summed E-state index contributed by atoms with van der Waals surface area (Å²) >= 11 is 0. The minimum Gasteiger partial charge on any atom is -0.477 e. The molecule has 1 heterocycles. The van der Waals surface area contributed by atoms with Crippen molar-refractivity contribution in [1.82, 2.24) is 4.98 Å². The molecule has 5 heteroatoms. The van der Waals surface area contributed by atoms with Crippen LogP contribution in [-0.4, -0.2) is 27.8 Å². The van der Waals surface area contributed by atoms with Crippen molar-refractivity contribution in [2.24, 2.45) is 5.73 Å². The number of aromatic carboxylic acids is 1. The number of aliphatic hydroxyl groups is 1. The predicted octanol–water partition coefficient (Wildman–Crippen LogP) is -0.228. The van der Waals surface area contributed by atoms with Gasteiger partial charge in [-0.05, 0) is 17.7 Å². The van der Waals surface area contributed by atoms with E-state index in [1.807, 2.05) is 0 Å². The highest BCUT2D eigenvalue weighted by molar-refractivity contribution is 5.85. The van der Waals surface area contributed by atoms with E-state index in [9.17, 15) is 4.79 Å². The molecule has 0 saturated heterocycles. The fourth-order valence-corrected chi connectivity index (χ4v) is 0.900. The number of nitrogens with zero attached hydrogens (tertiary/aromatic N) is 1. The first-order valence-electron chi connectivity index (χ1n) is 3.71. The Kier molecular flexibility index (Phi) is 2.94. The van der Waals surface area contributed by atoms with Crippen LogP contribution in [0, 0.1) is 0 Å². The van der Waals surface area contributed by atoms with Crippen LogP contribution in [0.25, 0.3) is 0 Å². The number of hydrogen-bond donors (Lipinski definition) is 3. The second-order valence-corrected chi connectivity index (χ2v) is 2.57. The minimum absolute atomic E-state index is 0.0681. The Bertz CT molecular complexity index is 314. The SMILES string of the molecule is N[C@H](CO)c1ccnc(C(=O)O)c1. The summed E-state index contributed by atoms with van der Waals surface area (Å²) in [6.45, 7) is -0.219. The molecule has 0 amide bonds. The number of carboxylic acid groups (broad SMARTS) is 1. The Morgan fingerprint density at radius 2 is 2.38 bits per heavy atom. The molecule has 0 aromatic carbocycles. The van der Waals surface area contributed by atoms with Crippen LogP contribution in [0.2, 0.25) is 0 Å².